The van der Waals surface area contributed by atoms with E-state index in [9.17, 15) is 9.59 Å². The number of carbonyl (C=O) groups excluding carboxylic acids is 2. The van der Waals surface area contributed by atoms with Gasteiger partial charge in [-0.2, -0.15) is 0 Å². The van der Waals surface area contributed by atoms with Gasteiger partial charge in [-0.15, -0.1) is 0 Å². The molecule has 0 spiro atoms. The van der Waals surface area contributed by atoms with E-state index in [0.717, 1.165) is 5.56 Å². The summed E-state index contributed by atoms with van der Waals surface area (Å²) < 4.78 is 11.3. The zero-order valence-corrected chi connectivity index (χ0v) is 19.5. The van der Waals surface area contributed by atoms with Crippen LogP contribution >= 0.6 is 34.8 Å². The molecule has 0 saturated carbocycles. The van der Waals surface area contributed by atoms with Crippen molar-refractivity contribution in [3.05, 3.63) is 92.4 Å². The van der Waals surface area contributed by atoms with Gasteiger partial charge in [-0.25, -0.2) is 5.01 Å². The SMILES string of the molecule is COc1cc(/C=C2\C(=O)NN(c3ccccc3)C2=O)cc(Cl)c1OCc1ccc(Cl)c(Cl)c1. The Labute approximate surface area is 205 Å². The molecule has 4 rings (SSSR count). The fourth-order valence-corrected chi connectivity index (χ4v) is 3.83. The number of nitrogens with zero attached hydrogens (tertiary/aromatic N) is 1. The number of para-hydroxylation sites is 1. The van der Waals surface area contributed by atoms with Gasteiger partial charge in [0.15, 0.2) is 11.5 Å². The molecule has 1 fully saturated rings. The van der Waals surface area contributed by atoms with Gasteiger partial charge < -0.3 is 9.47 Å². The number of hydrogen-bond donors (Lipinski definition) is 1. The zero-order chi connectivity index (χ0) is 23.5. The molecule has 1 N–H and O–H groups in total. The van der Waals surface area contributed by atoms with Crippen LogP contribution in [0.15, 0.2) is 66.2 Å². The summed E-state index contributed by atoms with van der Waals surface area (Å²) in [6, 6.07) is 17.2. The topological polar surface area (TPSA) is 67.9 Å². The minimum Gasteiger partial charge on any atom is -0.493 e. The molecule has 1 heterocycles. The van der Waals surface area contributed by atoms with E-state index in [2.05, 4.69) is 5.43 Å². The van der Waals surface area contributed by atoms with Gasteiger partial charge in [0.1, 0.15) is 12.2 Å². The van der Waals surface area contributed by atoms with Crippen molar-refractivity contribution in [2.45, 2.75) is 6.61 Å². The molecular formula is C24H17Cl3N2O4. The zero-order valence-electron chi connectivity index (χ0n) is 17.3. The molecule has 3 aromatic carbocycles. The van der Waals surface area contributed by atoms with Crippen LogP contribution < -0.4 is 19.9 Å². The molecule has 2 amide bonds. The number of methoxy groups -OCH3 is 1. The highest BCUT2D eigenvalue weighted by atomic mass is 35.5. The fourth-order valence-electron chi connectivity index (χ4n) is 3.23. The molecule has 6 nitrogen and oxygen atoms in total. The van der Waals surface area contributed by atoms with E-state index in [1.165, 1.54) is 18.2 Å². The third kappa shape index (κ3) is 4.93. The van der Waals surface area contributed by atoms with Crippen molar-refractivity contribution in [1.82, 2.24) is 5.43 Å². The van der Waals surface area contributed by atoms with Crippen LogP contribution in [0.5, 0.6) is 11.5 Å². The minimum absolute atomic E-state index is 0.0264. The first kappa shape index (κ1) is 23.0. The van der Waals surface area contributed by atoms with Crippen LogP contribution in [0.25, 0.3) is 6.08 Å². The van der Waals surface area contributed by atoms with Gasteiger partial charge in [-0.1, -0.05) is 59.1 Å². The summed E-state index contributed by atoms with van der Waals surface area (Å²) >= 11 is 18.4. The number of amides is 2. The smallest absolute Gasteiger partial charge is 0.282 e. The van der Waals surface area contributed by atoms with E-state index in [1.54, 1.807) is 54.6 Å². The summed E-state index contributed by atoms with van der Waals surface area (Å²) in [7, 11) is 1.47. The van der Waals surface area contributed by atoms with E-state index in [4.69, 9.17) is 44.3 Å². The lowest BCUT2D eigenvalue weighted by Crippen LogP contribution is -2.35. The first-order valence-corrected chi connectivity index (χ1v) is 10.9. The van der Waals surface area contributed by atoms with Crippen molar-refractivity contribution < 1.29 is 19.1 Å². The number of anilines is 1. The fraction of sp³-hybridized carbons (Fsp3) is 0.0833. The maximum absolute atomic E-state index is 12.8. The Morgan fingerprint density at radius 1 is 0.939 bits per heavy atom. The highest BCUT2D eigenvalue weighted by Gasteiger charge is 2.34. The van der Waals surface area contributed by atoms with Gasteiger partial charge in [-0.05, 0) is 53.6 Å². The van der Waals surface area contributed by atoms with E-state index in [0.29, 0.717) is 32.8 Å². The van der Waals surface area contributed by atoms with Gasteiger partial charge in [0.05, 0.1) is 27.9 Å². The molecule has 0 atom stereocenters. The maximum Gasteiger partial charge on any atom is 0.282 e. The Balaban J connectivity index is 1.58. The molecule has 0 aromatic heterocycles. The summed E-state index contributed by atoms with van der Waals surface area (Å²) in [6.45, 7) is 0.181. The number of nitrogens with one attached hydrogen (secondary N) is 1. The second kappa shape index (κ2) is 9.75. The molecular weight excluding hydrogens is 487 g/mol. The summed E-state index contributed by atoms with van der Waals surface area (Å²) in [6.07, 6.45) is 1.46. The molecule has 33 heavy (non-hydrogen) atoms. The van der Waals surface area contributed by atoms with E-state index < -0.39 is 11.8 Å². The quantitative estimate of drug-likeness (QED) is 0.346. The Hall–Kier alpha value is -3.19. The van der Waals surface area contributed by atoms with Crippen molar-refractivity contribution >= 4 is 58.4 Å². The maximum atomic E-state index is 12.8. The van der Waals surface area contributed by atoms with Gasteiger partial charge >= 0.3 is 0 Å². The summed E-state index contributed by atoms with van der Waals surface area (Å²) in [5.74, 6) is -0.319. The second-order valence-electron chi connectivity index (χ2n) is 7.05. The van der Waals surface area contributed by atoms with Crippen molar-refractivity contribution in [3.63, 3.8) is 0 Å². The predicted octanol–water partition coefficient (Wildman–Crippen LogP) is 5.70. The number of benzene rings is 3. The average molecular weight is 504 g/mol. The first-order chi connectivity index (χ1) is 15.9. The van der Waals surface area contributed by atoms with Crippen LogP contribution in [0.1, 0.15) is 11.1 Å². The standard InChI is InChI=1S/C24H17Cl3N2O4/c1-32-21-12-15(9-17-23(30)28-29(24(17)31)16-5-3-2-4-6-16)11-20(27)22(21)33-13-14-7-8-18(25)19(26)10-14/h2-12H,13H2,1H3,(H,28,30)/b17-9+. The number of hydrazine groups is 1. The molecule has 0 radical (unpaired) electrons. The molecule has 0 bridgehead atoms. The first-order valence-electron chi connectivity index (χ1n) is 9.74. The van der Waals surface area contributed by atoms with E-state index in [1.807, 2.05) is 6.07 Å². The molecule has 1 aliphatic rings. The Morgan fingerprint density at radius 3 is 2.39 bits per heavy atom. The second-order valence-corrected chi connectivity index (χ2v) is 8.27. The number of ether oxygens (including phenoxy) is 2. The van der Waals surface area contributed by atoms with E-state index >= 15 is 0 Å². The molecule has 1 saturated heterocycles. The molecule has 3 aromatic rings. The number of hydrogen-bond acceptors (Lipinski definition) is 4. The highest BCUT2D eigenvalue weighted by molar-refractivity contribution is 6.42. The van der Waals surface area contributed by atoms with Crippen LogP contribution in [-0.2, 0) is 16.2 Å². The van der Waals surface area contributed by atoms with Crippen LogP contribution in [0, 0.1) is 0 Å². The highest BCUT2D eigenvalue weighted by Crippen LogP contribution is 2.38. The van der Waals surface area contributed by atoms with Crippen LogP contribution in [0.3, 0.4) is 0 Å². The van der Waals surface area contributed by atoms with Crippen molar-refractivity contribution in [2.75, 3.05) is 12.1 Å². The Morgan fingerprint density at radius 2 is 1.70 bits per heavy atom. The lowest BCUT2D eigenvalue weighted by atomic mass is 10.1. The number of rotatable bonds is 6. The van der Waals surface area contributed by atoms with Crippen LogP contribution in [-0.4, -0.2) is 18.9 Å². The van der Waals surface area contributed by atoms with Gasteiger partial charge in [0, 0.05) is 0 Å². The average Bonchev–Trinajstić information content (AvgIpc) is 3.09. The van der Waals surface area contributed by atoms with Crippen molar-refractivity contribution in [3.8, 4) is 11.5 Å². The number of carbonyl (C=O) groups is 2. The van der Waals surface area contributed by atoms with Crippen LogP contribution in [0.2, 0.25) is 15.1 Å². The molecule has 168 valence electrons. The molecule has 0 unspecified atom stereocenters. The Bertz CT molecular complexity index is 1260. The third-order valence-corrected chi connectivity index (χ3v) is 5.86. The summed E-state index contributed by atoms with van der Waals surface area (Å²) in [5.41, 5.74) is 4.39. The monoisotopic (exact) mass is 502 g/mol. The third-order valence-electron chi connectivity index (χ3n) is 4.84. The number of halogens is 3. The van der Waals surface area contributed by atoms with Gasteiger partial charge in [0.25, 0.3) is 11.8 Å². The Kier molecular flexibility index (Phi) is 6.79. The normalized spacial score (nSPS) is 14.5. The largest absolute Gasteiger partial charge is 0.493 e. The minimum atomic E-state index is -0.515. The van der Waals surface area contributed by atoms with Crippen molar-refractivity contribution in [1.29, 1.82) is 0 Å². The molecule has 0 aliphatic carbocycles. The molecule has 9 heteroatoms. The van der Waals surface area contributed by atoms with E-state index in [-0.39, 0.29) is 17.2 Å². The summed E-state index contributed by atoms with van der Waals surface area (Å²) in [4.78, 5) is 25.2. The van der Waals surface area contributed by atoms with Gasteiger partial charge in [0.2, 0.25) is 0 Å². The lowest BCUT2D eigenvalue weighted by Gasteiger charge is -2.14. The predicted molar refractivity (Wildman–Crippen MR) is 129 cm³/mol. The summed E-state index contributed by atoms with van der Waals surface area (Å²) in [5, 5.41) is 2.32. The van der Waals surface area contributed by atoms with Gasteiger partial charge in [-0.3, -0.25) is 15.0 Å². The molecule has 1 aliphatic heterocycles. The lowest BCUT2D eigenvalue weighted by molar-refractivity contribution is -0.117. The van der Waals surface area contributed by atoms with Crippen molar-refractivity contribution in [2.24, 2.45) is 0 Å². The van der Waals surface area contributed by atoms with Crippen LogP contribution in [0.4, 0.5) is 5.69 Å².